The highest BCUT2D eigenvalue weighted by Crippen LogP contribution is 2.31. The van der Waals surface area contributed by atoms with E-state index in [2.05, 4.69) is 39.0 Å². The number of likely N-dealkylation sites (N-methyl/N-ethyl adjacent to an activating group) is 1. The molecule has 2 aliphatic rings. The second kappa shape index (κ2) is 9.96. The molecule has 0 saturated carbocycles. The van der Waals surface area contributed by atoms with Gasteiger partial charge < -0.3 is 15.5 Å². The largest absolute Gasteiger partial charge is 0.326 e. The molecular weight excluding hydrogens is 460 g/mol. The molecular formula is C26H26N6O2S. The second-order valence-electron chi connectivity index (χ2n) is 9.01. The van der Waals surface area contributed by atoms with Crippen LogP contribution in [0.1, 0.15) is 38.0 Å². The fourth-order valence-electron chi connectivity index (χ4n) is 4.66. The van der Waals surface area contributed by atoms with Crippen molar-refractivity contribution in [2.24, 2.45) is 5.92 Å². The lowest BCUT2D eigenvalue weighted by Crippen LogP contribution is -2.28. The molecule has 3 heterocycles. The van der Waals surface area contributed by atoms with Crippen LogP contribution in [0.4, 0.5) is 10.8 Å². The Hall–Kier alpha value is -3.58. The number of anilines is 2. The van der Waals surface area contributed by atoms with Gasteiger partial charge in [0.2, 0.25) is 5.91 Å². The molecule has 9 heteroatoms. The van der Waals surface area contributed by atoms with Crippen molar-refractivity contribution in [1.82, 2.24) is 15.2 Å². The van der Waals surface area contributed by atoms with Crippen molar-refractivity contribution >= 4 is 34.0 Å². The van der Waals surface area contributed by atoms with Crippen LogP contribution in [-0.2, 0) is 17.8 Å². The van der Waals surface area contributed by atoms with Crippen LogP contribution >= 0.6 is 11.3 Å². The van der Waals surface area contributed by atoms with Crippen molar-refractivity contribution in [3.63, 3.8) is 0 Å². The summed E-state index contributed by atoms with van der Waals surface area (Å²) in [6.07, 6.45) is 0.895. The normalized spacial score (nSPS) is 19.5. The van der Waals surface area contributed by atoms with Gasteiger partial charge in [-0.05, 0) is 42.9 Å². The Labute approximate surface area is 208 Å². The Morgan fingerprint density at radius 3 is 2.89 bits per heavy atom. The first-order chi connectivity index (χ1) is 17.0. The zero-order chi connectivity index (χ0) is 24.4. The molecule has 0 spiro atoms. The zero-order valence-electron chi connectivity index (χ0n) is 19.4. The van der Waals surface area contributed by atoms with Crippen LogP contribution in [0.5, 0.6) is 0 Å². The minimum atomic E-state index is -0.290. The summed E-state index contributed by atoms with van der Waals surface area (Å²) in [6.45, 7) is 3.02. The third-order valence-corrected chi connectivity index (χ3v) is 7.53. The Kier molecular flexibility index (Phi) is 6.59. The molecule has 3 N–H and O–H groups in total. The fraction of sp³-hybridized carbons (Fsp3) is 0.308. The number of rotatable bonds is 5. The SMILES string of the molecule is CN1CCc2nc(NC(=O)c3cccc(C4CNCC4C(=O)Nc4cccc(C#N)c4)c3)sc2C1. The van der Waals surface area contributed by atoms with Crippen molar-refractivity contribution in [3.8, 4) is 6.07 Å². The van der Waals surface area contributed by atoms with Crippen LogP contribution in [0.15, 0.2) is 48.5 Å². The van der Waals surface area contributed by atoms with Crippen molar-refractivity contribution in [2.75, 3.05) is 37.3 Å². The van der Waals surface area contributed by atoms with E-state index in [1.165, 1.54) is 16.2 Å². The van der Waals surface area contributed by atoms with Crippen molar-refractivity contribution < 1.29 is 9.59 Å². The summed E-state index contributed by atoms with van der Waals surface area (Å²) in [5.41, 5.74) is 3.65. The standard InChI is InChI=1S/C26H26N6O2S/c1-32-9-8-22-23(15-32)35-26(30-22)31-24(33)18-6-3-5-17(11-18)20-13-28-14-21(20)25(34)29-19-7-2-4-16(10-19)12-27/h2-7,10-11,20-21,28H,8-9,13-15H2,1H3,(H,29,34)(H,30,31,33). The Balaban J connectivity index is 1.29. The van der Waals surface area contributed by atoms with E-state index in [4.69, 9.17) is 5.26 Å². The number of hydrogen-bond acceptors (Lipinski definition) is 7. The summed E-state index contributed by atoms with van der Waals surface area (Å²) in [6, 6.07) is 16.4. The van der Waals surface area contributed by atoms with Crippen LogP contribution in [0, 0.1) is 17.2 Å². The van der Waals surface area contributed by atoms with Gasteiger partial charge in [-0.25, -0.2) is 4.98 Å². The van der Waals surface area contributed by atoms with E-state index >= 15 is 0 Å². The molecule has 8 nitrogen and oxygen atoms in total. The number of carbonyl (C=O) groups excluding carboxylic acids is 2. The van der Waals surface area contributed by atoms with Crippen molar-refractivity contribution in [1.29, 1.82) is 5.26 Å². The summed E-state index contributed by atoms with van der Waals surface area (Å²) in [4.78, 5) is 34.1. The molecule has 35 heavy (non-hydrogen) atoms. The first kappa shape index (κ1) is 23.2. The maximum Gasteiger partial charge on any atom is 0.257 e. The number of amides is 2. The van der Waals surface area contributed by atoms with Crippen LogP contribution in [0.2, 0.25) is 0 Å². The average molecular weight is 487 g/mol. The van der Waals surface area contributed by atoms with E-state index in [-0.39, 0.29) is 23.7 Å². The summed E-state index contributed by atoms with van der Waals surface area (Å²) in [7, 11) is 2.08. The Morgan fingerprint density at radius 1 is 1.17 bits per heavy atom. The first-order valence-corrected chi connectivity index (χ1v) is 12.4. The van der Waals surface area contributed by atoms with Crippen LogP contribution in [0.3, 0.4) is 0 Å². The van der Waals surface area contributed by atoms with Crippen molar-refractivity contribution in [3.05, 3.63) is 75.8 Å². The molecule has 5 rings (SSSR count). The van der Waals surface area contributed by atoms with Crippen LogP contribution in [-0.4, -0.2) is 48.4 Å². The number of nitriles is 1. The van der Waals surface area contributed by atoms with Crippen LogP contribution < -0.4 is 16.0 Å². The molecule has 0 aliphatic carbocycles. The van der Waals surface area contributed by atoms with Gasteiger partial charge in [-0.2, -0.15) is 5.26 Å². The zero-order valence-corrected chi connectivity index (χ0v) is 20.2. The quantitative estimate of drug-likeness (QED) is 0.511. The van der Waals surface area contributed by atoms with E-state index in [1.807, 2.05) is 18.2 Å². The smallest absolute Gasteiger partial charge is 0.257 e. The minimum Gasteiger partial charge on any atom is -0.326 e. The lowest BCUT2D eigenvalue weighted by atomic mass is 9.87. The van der Waals surface area contributed by atoms with E-state index in [0.717, 1.165) is 30.8 Å². The first-order valence-electron chi connectivity index (χ1n) is 11.6. The molecule has 2 aliphatic heterocycles. The maximum absolute atomic E-state index is 13.1. The Bertz CT molecular complexity index is 1310. The molecule has 0 radical (unpaired) electrons. The number of fused-ring (bicyclic) bond motifs is 1. The van der Waals surface area contributed by atoms with Gasteiger partial charge in [-0.15, -0.1) is 11.3 Å². The summed E-state index contributed by atoms with van der Waals surface area (Å²) in [5, 5.41) is 18.9. The predicted octanol–water partition coefficient (Wildman–Crippen LogP) is 3.20. The van der Waals surface area contributed by atoms with Crippen molar-refractivity contribution in [2.45, 2.75) is 18.9 Å². The lowest BCUT2D eigenvalue weighted by Gasteiger charge is -2.20. The highest BCUT2D eigenvalue weighted by Gasteiger charge is 2.34. The van der Waals surface area contributed by atoms with Crippen LogP contribution in [0.25, 0.3) is 0 Å². The van der Waals surface area contributed by atoms with Gasteiger partial charge >= 0.3 is 0 Å². The van der Waals surface area contributed by atoms with Gasteiger partial charge in [0.05, 0.1) is 23.2 Å². The maximum atomic E-state index is 13.1. The van der Waals surface area contributed by atoms with Gasteiger partial charge in [-0.1, -0.05) is 18.2 Å². The summed E-state index contributed by atoms with van der Waals surface area (Å²) >= 11 is 1.53. The minimum absolute atomic E-state index is 0.0652. The second-order valence-corrected chi connectivity index (χ2v) is 10.1. The topological polar surface area (TPSA) is 110 Å². The fourth-order valence-corrected chi connectivity index (χ4v) is 5.75. The molecule has 1 fully saturated rings. The molecule has 1 saturated heterocycles. The highest BCUT2D eigenvalue weighted by molar-refractivity contribution is 7.15. The molecule has 2 aromatic carbocycles. The number of carbonyl (C=O) groups is 2. The van der Waals surface area contributed by atoms with Gasteiger partial charge in [0.25, 0.3) is 5.91 Å². The van der Waals surface area contributed by atoms with Gasteiger partial charge in [0, 0.05) is 54.6 Å². The molecule has 178 valence electrons. The molecule has 0 bridgehead atoms. The molecule has 1 aromatic heterocycles. The number of aromatic nitrogens is 1. The predicted molar refractivity (Wildman–Crippen MR) is 135 cm³/mol. The highest BCUT2D eigenvalue weighted by atomic mass is 32.1. The van der Waals surface area contributed by atoms with Gasteiger partial charge in [0.1, 0.15) is 0 Å². The van der Waals surface area contributed by atoms with E-state index in [0.29, 0.717) is 35.0 Å². The number of nitrogens with one attached hydrogen (secondary N) is 3. The third-order valence-electron chi connectivity index (χ3n) is 6.53. The number of hydrogen-bond donors (Lipinski definition) is 3. The summed E-state index contributed by atoms with van der Waals surface area (Å²) < 4.78 is 0. The number of thiazole rings is 1. The third kappa shape index (κ3) is 5.10. The van der Waals surface area contributed by atoms with E-state index < -0.39 is 0 Å². The average Bonchev–Trinajstić information content (AvgIpc) is 3.51. The number of nitrogens with zero attached hydrogens (tertiary/aromatic N) is 3. The Morgan fingerprint density at radius 2 is 2.03 bits per heavy atom. The molecule has 2 atom stereocenters. The monoisotopic (exact) mass is 486 g/mol. The molecule has 2 amide bonds. The summed E-state index contributed by atoms with van der Waals surface area (Å²) in [5.74, 6) is -0.666. The number of benzene rings is 2. The van der Waals surface area contributed by atoms with E-state index in [1.54, 1.807) is 30.3 Å². The molecule has 3 aromatic rings. The molecule has 2 unspecified atom stereocenters. The van der Waals surface area contributed by atoms with Gasteiger partial charge in [-0.3, -0.25) is 14.9 Å². The van der Waals surface area contributed by atoms with Gasteiger partial charge in [0.15, 0.2) is 5.13 Å². The van der Waals surface area contributed by atoms with E-state index in [9.17, 15) is 9.59 Å². The lowest BCUT2D eigenvalue weighted by molar-refractivity contribution is -0.119.